The summed E-state index contributed by atoms with van der Waals surface area (Å²) in [5.41, 5.74) is 0. The van der Waals surface area contributed by atoms with Gasteiger partial charge in [0.15, 0.2) is 0 Å². The third kappa shape index (κ3) is 5.66. The van der Waals surface area contributed by atoms with Crippen LogP contribution < -0.4 is 5.32 Å². The Bertz CT molecular complexity index is 284. The number of methoxy groups -OCH3 is 1. The number of amides is 1. The highest BCUT2D eigenvalue weighted by molar-refractivity contribution is 5.78. The van der Waals surface area contributed by atoms with Crippen LogP contribution in [0.3, 0.4) is 0 Å². The quantitative estimate of drug-likeness (QED) is 0.670. The lowest BCUT2D eigenvalue weighted by Crippen LogP contribution is -2.43. The van der Waals surface area contributed by atoms with Crippen molar-refractivity contribution in [3.8, 4) is 6.07 Å². The molecular weight excluding hydrogens is 218 g/mol. The predicted molar refractivity (Wildman–Crippen MR) is 64.3 cm³/mol. The maximum atomic E-state index is 11.7. The highest BCUT2D eigenvalue weighted by Gasteiger charge is 2.29. The smallest absolute Gasteiger partial charge is 0.234 e. The molecule has 1 saturated carbocycles. The molecule has 17 heavy (non-hydrogen) atoms. The Labute approximate surface area is 103 Å². The molecule has 0 aliphatic heterocycles. The first kappa shape index (κ1) is 13.9. The van der Waals surface area contributed by atoms with Gasteiger partial charge in [-0.3, -0.25) is 9.69 Å². The minimum atomic E-state index is 0.0133. The second kappa shape index (κ2) is 7.25. The molecule has 0 radical (unpaired) electrons. The Morgan fingerprint density at radius 1 is 1.65 bits per heavy atom. The van der Waals surface area contributed by atoms with Crippen molar-refractivity contribution in [2.75, 3.05) is 26.8 Å². The fourth-order valence-electron chi connectivity index (χ4n) is 1.82. The Hall–Kier alpha value is -1.12. The summed E-state index contributed by atoms with van der Waals surface area (Å²) in [6, 6.07) is 2.66. The molecule has 1 fully saturated rings. The topological polar surface area (TPSA) is 65.4 Å². The molecule has 0 aromatic rings. The minimum Gasteiger partial charge on any atom is -0.383 e. The Balaban J connectivity index is 2.28. The van der Waals surface area contributed by atoms with Crippen LogP contribution in [0.25, 0.3) is 0 Å². The van der Waals surface area contributed by atoms with Crippen LogP contribution in [-0.4, -0.2) is 49.7 Å². The number of hydrogen-bond acceptors (Lipinski definition) is 4. The van der Waals surface area contributed by atoms with Crippen LogP contribution in [0.15, 0.2) is 0 Å². The molecule has 1 aliphatic rings. The van der Waals surface area contributed by atoms with Gasteiger partial charge >= 0.3 is 0 Å². The number of rotatable bonds is 8. The first-order valence-corrected chi connectivity index (χ1v) is 6.06. The zero-order valence-electron chi connectivity index (χ0n) is 10.6. The lowest BCUT2D eigenvalue weighted by atomic mass is 10.3. The van der Waals surface area contributed by atoms with Crippen LogP contribution in [0.2, 0.25) is 0 Å². The Morgan fingerprint density at radius 2 is 2.35 bits per heavy atom. The largest absolute Gasteiger partial charge is 0.383 e. The fraction of sp³-hybridized carbons (Fsp3) is 0.833. The molecule has 0 heterocycles. The van der Waals surface area contributed by atoms with E-state index >= 15 is 0 Å². The van der Waals surface area contributed by atoms with Crippen molar-refractivity contribution < 1.29 is 9.53 Å². The van der Waals surface area contributed by atoms with Gasteiger partial charge in [-0.05, 0) is 19.8 Å². The van der Waals surface area contributed by atoms with E-state index in [1.54, 1.807) is 7.11 Å². The normalized spacial score (nSPS) is 16.6. The van der Waals surface area contributed by atoms with Gasteiger partial charge in [0.05, 0.1) is 19.2 Å². The monoisotopic (exact) mass is 239 g/mol. The maximum absolute atomic E-state index is 11.7. The van der Waals surface area contributed by atoms with Crippen molar-refractivity contribution in [2.24, 2.45) is 0 Å². The molecule has 1 amide bonds. The van der Waals surface area contributed by atoms with Crippen molar-refractivity contribution in [2.45, 2.75) is 38.3 Å². The van der Waals surface area contributed by atoms with Crippen molar-refractivity contribution in [1.29, 1.82) is 5.26 Å². The zero-order valence-corrected chi connectivity index (χ0v) is 10.6. The highest BCUT2D eigenvalue weighted by Crippen LogP contribution is 2.26. The molecule has 96 valence electrons. The van der Waals surface area contributed by atoms with Gasteiger partial charge in [0.1, 0.15) is 0 Å². The van der Waals surface area contributed by atoms with E-state index in [0.29, 0.717) is 32.2 Å². The number of carbonyl (C=O) groups is 1. The molecule has 1 N–H and O–H groups in total. The van der Waals surface area contributed by atoms with Crippen LogP contribution in [0.5, 0.6) is 0 Å². The molecular formula is C12H21N3O2. The van der Waals surface area contributed by atoms with E-state index in [9.17, 15) is 4.79 Å². The standard InChI is InChI=1S/C12H21N3O2/c1-10(9-17-2)14-12(16)8-15(7-3-6-13)11-4-5-11/h10-11H,3-5,7-9H2,1-2H3,(H,14,16). The summed E-state index contributed by atoms with van der Waals surface area (Å²) in [6.07, 6.45) is 2.77. The molecule has 1 atom stereocenters. The summed E-state index contributed by atoms with van der Waals surface area (Å²) in [4.78, 5) is 13.8. The maximum Gasteiger partial charge on any atom is 0.234 e. The molecule has 5 nitrogen and oxygen atoms in total. The van der Waals surface area contributed by atoms with Crippen molar-refractivity contribution in [3.05, 3.63) is 0 Å². The zero-order chi connectivity index (χ0) is 12.7. The van der Waals surface area contributed by atoms with E-state index in [0.717, 1.165) is 12.8 Å². The fourth-order valence-corrected chi connectivity index (χ4v) is 1.82. The highest BCUT2D eigenvalue weighted by atomic mass is 16.5. The van der Waals surface area contributed by atoms with Crippen LogP contribution in [0.1, 0.15) is 26.2 Å². The van der Waals surface area contributed by atoms with Gasteiger partial charge in [-0.1, -0.05) is 0 Å². The molecule has 5 heteroatoms. The molecule has 0 bridgehead atoms. The molecule has 1 rings (SSSR count). The first-order chi connectivity index (χ1) is 8.17. The second-order valence-corrected chi connectivity index (χ2v) is 4.53. The van der Waals surface area contributed by atoms with Crippen LogP contribution in [0.4, 0.5) is 0 Å². The molecule has 0 saturated heterocycles. The van der Waals surface area contributed by atoms with Gasteiger partial charge in [-0.25, -0.2) is 0 Å². The Morgan fingerprint density at radius 3 is 2.88 bits per heavy atom. The molecule has 1 unspecified atom stereocenters. The van der Waals surface area contributed by atoms with Gasteiger partial charge in [0.25, 0.3) is 0 Å². The van der Waals surface area contributed by atoms with Crippen LogP contribution in [0, 0.1) is 11.3 Å². The van der Waals surface area contributed by atoms with Gasteiger partial charge < -0.3 is 10.1 Å². The SMILES string of the molecule is COCC(C)NC(=O)CN(CCC#N)C1CC1. The summed E-state index contributed by atoms with van der Waals surface area (Å²) >= 11 is 0. The van der Waals surface area contributed by atoms with E-state index in [1.807, 2.05) is 6.92 Å². The van der Waals surface area contributed by atoms with Crippen LogP contribution in [-0.2, 0) is 9.53 Å². The number of ether oxygens (including phenoxy) is 1. The number of nitriles is 1. The summed E-state index contributed by atoms with van der Waals surface area (Å²) < 4.78 is 4.96. The molecule has 0 spiro atoms. The lowest BCUT2D eigenvalue weighted by molar-refractivity contribution is -0.123. The lowest BCUT2D eigenvalue weighted by Gasteiger charge is -2.21. The average molecular weight is 239 g/mol. The van der Waals surface area contributed by atoms with Gasteiger partial charge in [-0.2, -0.15) is 5.26 Å². The van der Waals surface area contributed by atoms with Gasteiger partial charge in [-0.15, -0.1) is 0 Å². The third-order valence-electron chi connectivity index (χ3n) is 2.74. The summed E-state index contributed by atoms with van der Waals surface area (Å²) in [5, 5.41) is 11.5. The summed E-state index contributed by atoms with van der Waals surface area (Å²) in [6.45, 7) is 3.51. The molecule has 0 aromatic heterocycles. The van der Waals surface area contributed by atoms with Crippen LogP contribution >= 0.6 is 0 Å². The van der Waals surface area contributed by atoms with E-state index in [4.69, 9.17) is 10.00 Å². The van der Waals surface area contributed by atoms with Gasteiger partial charge in [0, 0.05) is 32.2 Å². The van der Waals surface area contributed by atoms with Crippen molar-refractivity contribution >= 4 is 5.91 Å². The predicted octanol–water partition coefficient (Wildman–Crippen LogP) is 0.516. The number of hydrogen-bond donors (Lipinski definition) is 1. The summed E-state index contributed by atoms with van der Waals surface area (Å²) in [7, 11) is 1.62. The van der Waals surface area contributed by atoms with Crippen molar-refractivity contribution in [1.82, 2.24) is 10.2 Å². The summed E-state index contributed by atoms with van der Waals surface area (Å²) in [5.74, 6) is 0.0133. The molecule has 1 aliphatic carbocycles. The number of carbonyl (C=O) groups excluding carboxylic acids is 1. The number of nitrogens with zero attached hydrogens (tertiary/aromatic N) is 2. The molecule has 0 aromatic carbocycles. The second-order valence-electron chi connectivity index (χ2n) is 4.53. The van der Waals surface area contributed by atoms with E-state index in [2.05, 4.69) is 16.3 Å². The van der Waals surface area contributed by atoms with Crippen molar-refractivity contribution in [3.63, 3.8) is 0 Å². The number of nitrogens with one attached hydrogen (secondary N) is 1. The average Bonchev–Trinajstić information content (AvgIpc) is 3.08. The van der Waals surface area contributed by atoms with E-state index in [-0.39, 0.29) is 11.9 Å². The Kier molecular flexibility index (Phi) is 5.95. The first-order valence-electron chi connectivity index (χ1n) is 6.06. The minimum absolute atomic E-state index is 0.0133. The third-order valence-corrected chi connectivity index (χ3v) is 2.74. The van der Waals surface area contributed by atoms with E-state index < -0.39 is 0 Å². The van der Waals surface area contributed by atoms with E-state index in [1.165, 1.54) is 0 Å². The van der Waals surface area contributed by atoms with Gasteiger partial charge in [0.2, 0.25) is 5.91 Å².